The number of carbonyl (C=O) groups is 1. The second-order valence-electron chi connectivity index (χ2n) is 20.4. The van der Waals surface area contributed by atoms with Crippen molar-refractivity contribution in [2.75, 3.05) is 0 Å². The summed E-state index contributed by atoms with van der Waals surface area (Å²) in [5.41, 5.74) is 2.55. The number of hydrogen-bond donors (Lipinski definition) is 0. The first-order valence-electron chi connectivity index (χ1n) is 18.4. The van der Waals surface area contributed by atoms with Gasteiger partial charge < -0.3 is 9.22 Å². The topological polar surface area (TPSA) is 26.3 Å². The van der Waals surface area contributed by atoms with Crippen LogP contribution in [-0.2, 0) is 9.22 Å². The monoisotopic (exact) mass is 611 g/mol. The molecule has 0 amide bonds. The van der Waals surface area contributed by atoms with Gasteiger partial charge in [0, 0.05) is 5.41 Å². The van der Waals surface area contributed by atoms with Crippen molar-refractivity contribution in [1.29, 1.82) is 0 Å². The molecule has 0 aliphatic heterocycles. The number of allylic oxidation sites excluding steroid dienone is 1. The molecule has 5 rings (SSSR count). The van der Waals surface area contributed by atoms with E-state index in [-0.39, 0.29) is 27.3 Å². The lowest BCUT2D eigenvalue weighted by Crippen LogP contribution is -2.72. The van der Waals surface area contributed by atoms with Gasteiger partial charge >= 0.3 is 0 Å². The van der Waals surface area contributed by atoms with E-state index in [0.717, 1.165) is 18.8 Å². The highest BCUT2D eigenvalue weighted by Gasteiger charge is 2.74. The van der Waals surface area contributed by atoms with Crippen LogP contribution in [0.2, 0.25) is 13.1 Å². The molecule has 0 radical (unpaired) electrons. The molecule has 0 saturated heterocycles. The lowest BCUT2D eigenvalue weighted by Gasteiger charge is -2.76. The number of rotatable bonds is 5. The van der Waals surface area contributed by atoms with Crippen molar-refractivity contribution in [2.45, 2.75) is 165 Å². The zero-order chi connectivity index (χ0) is 32.2. The molecule has 2 unspecified atom stereocenters. The van der Waals surface area contributed by atoms with Gasteiger partial charge in [0.2, 0.25) is 0 Å². The Bertz CT molecular complexity index is 1110. The molecule has 5 fully saturated rings. The average Bonchev–Trinajstić information content (AvgIpc) is 3.25. The molecule has 11 atom stereocenters. The molecule has 0 aromatic heterocycles. The standard InChI is InChI=1S/C40H70O2Si/c1-27(2)28-17-20-39(26-41)23-22-36(10)29(32(28)39)15-16-30-35(9)21-24-40(34(6,7)8,42-43(13)14)38(12,25-33(3,4)5)31(35)18-19-37(30,36)11/h26,28-32,43H,1,15-25H2,2-14H3/t28-,29+,30+,31+,32+,35+,36+,37+,38?,39+,40?/m0/s1. The fraction of sp³-hybridized carbons (Fsp3) is 0.925. The Balaban J connectivity index is 1.60. The number of aldehydes is 1. The molecule has 43 heavy (non-hydrogen) atoms. The van der Waals surface area contributed by atoms with E-state index in [1.807, 2.05) is 0 Å². The Morgan fingerprint density at radius 3 is 2.02 bits per heavy atom. The van der Waals surface area contributed by atoms with E-state index in [0.29, 0.717) is 39.9 Å². The first kappa shape index (κ1) is 33.9. The third kappa shape index (κ3) is 4.56. The highest BCUT2D eigenvalue weighted by atomic mass is 28.3. The van der Waals surface area contributed by atoms with Crippen LogP contribution < -0.4 is 0 Å². The molecule has 0 aromatic carbocycles. The number of carbonyl (C=O) groups excluding carboxylic acids is 1. The summed E-state index contributed by atoms with van der Waals surface area (Å²) in [6, 6.07) is 0. The van der Waals surface area contributed by atoms with E-state index in [4.69, 9.17) is 4.43 Å². The average molecular weight is 611 g/mol. The molecule has 3 heteroatoms. The van der Waals surface area contributed by atoms with Crippen LogP contribution in [0.5, 0.6) is 0 Å². The maximum absolute atomic E-state index is 12.9. The Hall–Kier alpha value is -0.413. The summed E-state index contributed by atoms with van der Waals surface area (Å²) in [6.07, 6.45) is 15.0. The summed E-state index contributed by atoms with van der Waals surface area (Å²) in [6.45, 7) is 37.4. The van der Waals surface area contributed by atoms with Crippen LogP contribution in [0.15, 0.2) is 12.2 Å². The fourth-order valence-corrected chi connectivity index (χ4v) is 16.1. The Morgan fingerprint density at radius 2 is 1.49 bits per heavy atom. The highest BCUT2D eigenvalue weighted by Crippen LogP contribution is 2.79. The highest BCUT2D eigenvalue weighted by molar-refractivity contribution is 6.48. The first-order valence-corrected chi connectivity index (χ1v) is 21.2. The molecule has 2 nitrogen and oxygen atoms in total. The molecule has 5 aliphatic rings. The molecular formula is C40H70O2Si. The molecule has 0 aromatic rings. The summed E-state index contributed by atoms with van der Waals surface area (Å²) < 4.78 is 7.47. The third-order valence-corrected chi connectivity index (χ3v) is 16.8. The van der Waals surface area contributed by atoms with Crippen LogP contribution in [0.25, 0.3) is 0 Å². The van der Waals surface area contributed by atoms with E-state index < -0.39 is 9.04 Å². The largest absolute Gasteiger partial charge is 0.414 e. The van der Waals surface area contributed by atoms with Crippen LogP contribution >= 0.6 is 0 Å². The summed E-state index contributed by atoms with van der Waals surface area (Å²) >= 11 is 0. The predicted molar refractivity (Wildman–Crippen MR) is 186 cm³/mol. The lowest BCUT2D eigenvalue weighted by atomic mass is 9.30. The quantitative estimate of drug-likeness (QED) is 0.176. The van der Waals surface area contributed by atoms with Crippen molar-refractivity contribution < 1.29 is 9.22 Å². The van der Waals surface area contributed by atoms with Gasteiger partial charge in [-0.25, -0.2) is 0 Å². The minimum atomic E-state index is -1.28. The smallest absolute Gasteiger partial charge is 0.171 e. The van der Waals surface area contributed by atoms with Gasteiger partial charge in [0.1, 0.15) is 6.29 Å². The van der Waals surface area contributed by atoms with E-state index in [1.165, 1.54) is 69.6 Å². The second-order valence-corrected chi connectivity index (χ2v) is 22.8. The van der Waals surface area contributed by atoms with E-state index in [9.17, 15) is 4.79 Å². The zero-order valence-electron chi connectivity index (χ0n) is 30.8. The Kier molecular flexibility index (Phi) is 8.12. The van der Waals surface area contributed by atoms with Crippen molar-refractivity contribution in [3.05, 3.63) is 12.2 Å². The van der Waals surface area contributed by atoms with E-state index in [1.54, 1.807) is 0 Å². The molecule has 0 N–H and O–H groups in total. The minimum absolute atomic E-state index is 0.0837. The minimum Gasteiger partial charge on any atom is -0.414 e. The van der Waals surface area contributed by atoms with Crippen molar-refractivity contribution in [1.82, 2.24) is 0 Å². The van der Waals surface area contributed by atoms with E-state index >= 15 is 0 Å². The summed E-state index contributed by atoms with van der Waals surface area (Å²) in [7, 11) is -1.28. The van der Waals surface area contributed by atoms with Gasteiger partial charge in [-0.15, -0.1) is 0 Å². The molecule has 0 bridgehead atoms. The second kappa shape index (κ2) is 10.3. The SMILES string of the molecule is C=C(C)[C@@H]1CC[C@]2(C=O)CC[C@]3(C)[C@H](CC[C@@H]4[C@@]5(C)CCC(O[SiH](C)C)(C(C)(C)C)C(C)(CC(C)(C)C)[C@@H]5CC[C@]43C)[C@@H]12. The van der Waals surface area contributed by atoms with Crippen molar-refractivity contribution in [2.24, 2.45) is 67.5 Å². The maximum Gasteiger partial charge on any atom is 0.171 e. The fourth-order valence-electron chi connectivity index (χ4n) is 14.6. The van der Waals surface area contributed by atoms with Crippen LogP contribution in [0.1, 0.15) is 147 Å². The zero-order valence-corrected chi connectivity index (χ0v) is 32.0. The third-order valence-electron chi connectivity index (χ3n) is 15.9. The van der Waals surface area contributed by atoms with Crippen molar-refractivity contribution in [3.8, 4) is 0 Å². The van der Waals surface area contributed by atoms with E-state index in [2.05, 4.69) is 95.8 Å². The summed E-state index contributed by atoms with van der Waals surface area (Å²) in [5, 5.41) is 0. The lowest BCUT2D eigenvalue weighted by molar-refractivity contribution is -0.284. The van der Waals surface area contributed by atoms with Crippen LogP contribution in [0.3, 0.4) is 0 Å². The van der Waals surface area contributed by atoms with Crippen LogP contribution in [-0.4, -0.2) is 20.9 Å². The van der Waals surface area contributed by atoms with Crippen LogP contribution in [0, 0.1) is 67.5 Å². The molecule has 5 saturated carbocycles. The van der Waals surface area contributed by atoms with Gasteiger partial charge in [0.05, 0.1) is 5.60 Å². The van der Waals surface area contributed by atoms with Gasteiger partial charge in [0.25, 0.3) is 0 Å². The number of hydrogen-bond acceptors (Lipinski definition) is 2. The summed E-state index contributed by atoms with van der Waals surface area (Å²) in [5.74, 6) is 3.08. The van der Waals surface area contributed by atoms with Gasteiger partial charge in [-0.1, -0.05) is 81.4 Å². The first-order chi connectivity index (χ1) is 19.6. The Labute approximate surface area is 269 Å². The normalized spacial score (nSPS) is 50.0. The molecule has 246 valence electrons. The molecule has 0 spiro atoms. The van der Waals surface area contributed by atoms with Gasteiger partial charge in [-0.2, -0.15) is 0 Å². The predicted octanol–water partition coefficient (Wildman–Crippen LogP) is 11.0. The van der Waals surface area contributed by atoms with Gasteiger partial charge in [-0.3, -0.25) is 0 Å². The van der Waals surface area contributed by atoms with Crippen molar-refractivity contribution in [3.63, 3.8) is 0 Å². The number of fused-ring (bicyclic) bond motifs is 7. The Morgan fingerprint density at radius 1 is 0.837 bits per heavy atom. The van der Waals surface area contributed by atoms with Gasteiger partial charge in [-0.05, 0) is 153 Å². The molecule has 0 heterocycles. The van der Waals surface area contributed by atoms with Gasteiger partial charge in [0.15, 0.2) is 9.04 Å². The summed E-state index contributed by atoms with van der Waals surface area (Å²) in [4.78, 5) is 12.9. The molecular weight excluding hydrogens is 541 g/mol. The molecule has 5 aliphatic carbocycles. The maximum atomic E-state index is 12.9. The van der Waals surface area contributed by atoms with Crippen LogP contribution in [0.4, 0.5) is 0 Å². The van der Waals surface area contributed by atoms with Crippen molar-refractivity contribution >= 4 is 15.3 Å².